The fourth-order valence-corrected chi connectivity index (χ4v) is 4.81. The van der Waals surface area contributed by atoms with Crippen molar-refractivity contribution >= 4 is 17.7 Å². The Bertz CT molecular complexity index is 911. The normalized spacial score (nSPS) is 22.4. The second-order valence-electron chi connectivity index (χ2n) is 7.69. The molecule has 2 N–H and O–H groups in total. The molecule has 0 spiro atoms. The number of nitrogens with zero attached hydrogens (tertiary/aromatic N) is 2. The van der Waals surface area contributed by atoms with Gasteiger partial charge in [0.2, 0.25) is 0 Å². The van der Waals surface area contributed by atoms with Gasteiger partial charge in [-0.05, 0) is 49.6 Å². The van der Waals surface area contributed by atoms with Crippen LogP contribution in [-0.2, 0) is 0 Å². The number of carbonyl (C=O) groups excluding carboxylic acids is 1. The quantitative estimate of drug-likeness (QED) is 0.809. The van der Waals surface area contributed by atoms with Crippen molar-refractivity contribution in [3.8, 4) is 0 Å². The lowest BCUT2D eigenvalue weighted by Gasteiger charge is -2.39. The van der Waals surface area contributed by atoms with Crippen LogP contribution in [0.3, 0.4) is 0 Å². The third kappa shape index (κ3) is 3.33. The van der Waals surface area contributed by atoms with Gasteiger partial charge in [-0.15, -0.1) is 0 Å². The highest BCUT2D eigenvalue weighted by molar-refractivity contribution is 5.95. The van der Waals surface area contributed by atoms with Crippen LogP contribution in [0.1, 0.15) is 53.8 Å². The van der Waals surface area contributed by atoms with E-state index in [1.54, 1.807) is 4.90 Å². The van der Waals surface area contributed by atoms with Gasteiger partial charge in [0, 0.05) is 36.8 Å². The average Bonchev–Trinajstić information content (AvgIpc) is 3.20. The predicted molar refractivity (Wildman–Crippen MR) is 112 cm³/mol. The van der Waals surface area contributed by atoms with E-state index in [0.29, 0.717) is 25.2 Å². The highest BCUT2D eigenvalue weighted by atomic mass is 16.4. The Labute approximate surface area is 171 Å². The Hall–Kier alpha value is -3.02. The summed E-state index contributed by atoms with van der Waals surface area (Å²) in [6.07, 6.45) is -0.116. The van der Waals surface area contributed by atoms with E-state index in [4.69, 9.17) is 0 Å². The van der Waals surface area contributed by atoms with Gasteiger partial charge in [0.15, 0.2) is 0 Å². The van der Waals surface area contributed by atoms with Crippen LogP contribution in [0.2, 0.25) is 0 Å². The first kappa shape index (κ1) is 19.3. The zero-order chi connectivity index (χ0) is 20.5. The van der Waals surface area contributed by atoms with E-state index in [0.717, 1.165) is 23.2 Å². The zero-order valence-corrected chi connectivity index (χ0v) is 16.8. The maximum Gasteiger partial charge on any atom is 0.407 e. The van der Waals surface area contributed by atoms with Crippen molar-refractivity contribution in [3.63, 3.8) is 0 Å². The molecule has 2 aromatic rings. The number of hydrogen-bond acceptors (Lipinski definition) is 3. The van der Waals surface area contributed by atoms with Crippen molar-refractivity contribution in [3.05, 3.63) is 65.2 Å². The van der Waals surface area contributed by atoms with Gasteiger partial charge in [-0.1, -0.05) is 30.3 Å². The third-order valence-corrected chi connectivity index (χ3v) is 6.26. The summed E-state index contributed by atoms with van der Waals surface area (Å²) in [7, 11) is 0. The van der Waals surface area contributed by atoms with Crippen LogP contribution < -0.4 is 5.32 Å². The number of carboxylic acid groups (broad SMARTS) is 1. The van der Waals surface area contributed by atoms with Crippen LogP contribution >= 0.6 is 0 Å². The Balaban J connectivity index is 1.77. The topological polar surface area (TPSA) is 72.9 Å². The zero-order valence-electron chi connectivity index (χ0n) is 16.8. The second-order valence-corrected chi connectivity index (χ2v) is 7.69. The number of likely N-dealkylation sites (tertiary alicyclic amines) is 1. The Kier molecular flexibility index (Phi) is 5.18. The van der Waals surface area contributed by atoms with Gasteiger partial charge in [0.05, 0.1) is 12.1 Å². The molecule has 0 bridgehead atoms. The van der Waals surface area contributed by atoms with E-state index in [9.17, 15) is 14.7 Å². The number of hydrogen-bond donors (Lipinski definition) is 2. The summed E-state index contributed by atoms with van der Waals surface area (Å²) < 4.78 is 0. The monoisotopic (exact) mass is 393 g/mol. The molecule has 4 rings (SSSR count). The maximum atomic E-state index is 12.9. The second kappa shape index (κ2) is 7.78. The lowest BCUT2D eigenvalue weighted by Crippen LogP contribution is -2.37. The molecule has 2 heterocycles. The molecule has 2 aliphatic heterocycles. The molecule has 2 aliphatic rings. The summed E-state index contributed by atoms with van der Waals surface area (Å²) in [6.45, 7) is 5.72. The SMILES string of the molecule is CCN(CC)C(=O)c1ccc2c(c1)C1C(CCN1C(=O)O)C(c1ccccc1)N2. The summed E-state index contributed by atoms with van der Waals surface area (Å²) in [5.74, 6) is 0.110. The summed E-state index contributed by atoms with van der Waals surface area (Å²) >= 11 is 0. The summed E-state index contributed by atoms with van der Waals surface area (Å²) in [5.41, 5.74) is 3.58. The predicted octanol–water partition coefficient (Wildman–Crippen LogP) is 4.38. The molecule has 1 saturated heterocycles. The molecule has 2 aromatic carbocycles. The van der Waals surface area contributed by atoms with E-state index < -0.39 is 6.09 Å². The molecule has 29 heavy (non-hydrogen) atoms. The van der Waals surface area contributed by atoms with Crippen molar-refractivity contribution in [2.24, 2.45) is 5.92 Å². The molecule has 1 fully saturated rings. The number of nitrogens with one attached hydrogen (secondary N) is 1. The number of amides is 2. The van der Waals surface area contributed by atoms with E-state index in [1.807, 2.05) is 50.2 Å². The summed E-state index contributed by atoms with van der Waals surface area (Å²) in [5, 5.41) is 13.4. The number of anilines is 1. The number of carbonyl (C=O) groups is 2. The minimum Gasteiger partial charge on any atom is -0.465 e. The van der Waals surface area contributed by atoms with Crippen molar-refractivity contribution < 1.29 is 14.7 Å². The number of fused-ring (bicyclic) bond motifs is 3. The van der Waals surface area contributed by atoms with Crippen LogP contribution in [0.4, 0.5) is 10.5 Å². The van der Waals surface area contributed by atoms with Gasteiger partial charge >= 0.3 is 6.09 Å². The number of benzene rings is 2. The molecule has 152 valence electrons. The first-order chi connectivity index (χ1) is 14.0. The van der Waals surface area contributed by atoms with Crippen molar-refractivity contribution in [2.45, 2.75) is 32.4 Å². The van der Waals surface area contributed by atoms with Crippen LogP contribution in [0, 0.1) is 5.92 Å². The fraction of sp³-hybridized carbons (Fsp3) is 0.391. The van der Waals surface area contributed by atoms with Crippen LogP contribution in [-0.4, -0.2) is 46.5 Å². The van der Waals surface area contributed by atoms with Crippen molar-refractivity contribution in [1.29, 1.82) is 0 Å². The molecule has 0 aliphatic carbocycles. The van der Waals surface area contributed by atoms with Gasteiger partial charge in [-0.25, -0.2) is 4.79 Å². The molecule has 3 atom stereocenters. The molecule has 0 radical (unpaired) electrons. The maximum absolute atomic E-state index is 12.9. The lowest BCUT2D eigenvalue weighted by atomic mass is 9.79. The summed E-state index contributed by atoms with van der Waals surface area (Å²) in [4.78, 5) is 28.1. The van der Waals surface area contributed by atoms with Gasteiger partial charge in [0.25, 0.3) is 5.91 Å². The van der Waals surface area contributed by atoms with E-state index >= 15 is 0 Å². The Morgan fingerprint density at radius 2 is 1.86 bits per heavy atom. The van der Waals surface area contributed by atoms with Crippen molar-refractivity contribution in [2.75, 3.05) is 25.0 Å². The van der Waals surface area contributed by atoms with Crippen LogP contribution in [0.25, 0.3) is 0 Å². The minimum absolute atomic E-state index is 0.0144. The van der Waals surface area contributed by atoms with Gasteiger partial charge in [-0.3, -0.25) is 4.79 Å². The largest absolute Gasteiger partial charge is 0.465 e. The third-order valence-electron chi connectivity index (χ3n) is 6.26. The standard InChI is InChI=1S/C23H27N3O3/c1-3-25(4-2)22(27)16-10-11-19-18(14-16)21-17(12-13-26(21)23(28)29)20(24-19)15-8-6-5-7-9-15/h5-11,14,17,20-21,24H,3-4,12-13H2,1-2H3,(H,28,29). The van der Waals surface area contributed by atoms with E-state index in [2.05, 4.69) is 17.4 Å². The molecular formula is C23H27N3O3. The van der Waals surface area contributed by atoms with Crippen LogP contribution in [0.15, 0.2) is 48.5 Å². The van der Waals surface area contributed by atoms with Crippen molar-refractivity contribution in [1.82, 2.24) is 9.80 Å². The molecule has 3 unspecified atom stereocenters. The highest BCUT2D eigenvalue weighted by Gasteiger charge is 2.46. The molecule has 2 amide bonds. The van der Waals surface area contributed by atoms with Gasteiger partial charge in [-0.2, -0.15) is 0 Å². The first-order valence-electron chi connectivity index (χ1n) is 10.3. The highest BCUT2D eigenvalue weighted by Crippen LogP contribution is 2.51. The molecule has 6 nitrogen and oxygen atoms in total. The van der Waals surface area contributed by atoms with Gasteiger partial charge in [0.1, 0.15) is 0 Å². The average molecular weight is 393 g/mol. The molecular weight excluding hydrogens is 366 g/mol. The number of rotatable bonds is 4. The molecule has 0 saturated carbocycles. The fourth-order valence-electron chi connectivity index (χ4n) is 4.81. The molecule has 6 heteroatoms. The minimum atomic E-state index is -0.905. The van der Waals surface area contributed by atoms with Gasteiger partial charge < -0.3 is 20.2 Å². The van der Waals surface area contributed by atoms with E-state index in [-0.39, 0.29) is 23.9 Å². The lowest BCUT2D eigenvalue weighted by molar-refractivity contribution is 0.0772. The Morgan fingerprint density at radius 1 is 1.14 bits per heavy atom. The first-order valence-corrected chi connectivity index (χ1v) is 10.3. The Morgan fingerprint density at radius 3 is 2.52 bits per heavy atom. The molecule has 0 aromatic heterocycles. The van der Waals surface area contributed by atoms with Crippen LogP contribution in [0.5, 0.6) is 0 Å². The summed E-state index contributed by atoms with van der Waals surface area (Å²) in [6, 6.07) is 15.6. The van der Waals surface area contributed by atoms with E-state index in [1.165, 1.54) is 4.90 Å². The smallest absolute Gasteiger partial charge is 0.407 e.